The number of non-ortho nitro benzene ring substituents is 2. The van der Waals surface area contributed by atoms with Crippen molar-refractivity contribution in [3.05, 3.63) is 152 Å². The van der Waals surface area contributed by atoms with E-state index in [-0.39, 0.29) is 23.8 Å². The third-order valence-corrected chi connectivity index (χ3v) is 7.97. The highest BCUT2D eigenvalue weighted by Crippen LogP contribution is 2.54. The van der Waals surface area contributed by atoms with Crippen molar-refractivity contribution in [3.8, 4) is 0 Å². The van der Waals surface area contributed by atoms with E-state index in [2.05, 4.69) is 0 Å². The second-order valence-corrected chi connectivity index (χ2v) is 9.69. The molecule has 0 aromatic heterocycles. The van der Waals surface area contributed by atoms with Crippen molar-refractivity contribution < 1.29 is 9.85 Å². The third kappa shape index (κ3) is 5.20. The number of nitrogens with zero attached hydrogens (tertiary/aromatic N) is 2. The Hall–Kier alpha value is -4.34. The van der Waals surface area contributed by atoms with Gasteiger partial charge in [0.2, 0.25) is 0 Å². The van der Waals surface area contributed by atoms with Gasteiger partial charge in [-0.2, -0.15) is 0 Å². The molecule has 0 bridgehead atoms. The summed E-state index contributed by atoms with van der Waals surface area (Å²) in [6.45, 7) is 0. The lowest BCUT2D eigenvalue weighted by molar-refractivity contribution is -0.385. The van der Waals surface area contributed by atoms with Crippen molar-refractivity contribution in [2.75, 3.05) is 0 Å². The van der Waals surface area contributed by atoms with Gasteiger partial charge in [0, 0.05) is 36.7 Å². The van der Waals surface area contributed by atoms with Crippen LogP contribution in [0.15, 0.2) is 109 Å². The minimum Gasteiger partial charge on any atom is -0.311 e. The van der Waals surface area contributed by atoms with E-state index in [0.717, 1.165) is 11.1 Å². The molecule has 0 spiro atoms. The van der Waals surface area contributed by atoms with Crippen molar-refractivity contribution >= 4 is 48.0 Å². The molecule has 0 amide bonds. The number of rotatable bonds is 10. The Morgan fingerprint density at radius 2 is 0.842 bits per heavy atom. The standard InChI is InChI=1S/C28H22N4O4S.ClH/c29-19-27(21-7-3-1-4-8-21,23-11-15-25(16-12-23)31(33)34)37-28(20-30,22-9-5-2-6-10-22)24-13-17-26(18-14-24)32(35)36;/h1-20,29-30H;1H. The zero-order valence-corrected chi connectivity index (χ0v) is 21.5. The lowest BCUT2D eigenvalue weighted by Crippen LogP contribution is -2.36. The van der Waals surface area contributed by atoms with Crippen LogP contribution in [0.1, 0.15) is 22.3 Å². The number of benzene rings is 4. The van der Waals surface area contributed by atoms with Gasteiger partial charge in [-0.15, -0.1) is 24.2 Å². The van der Waals surface area contributed by atoms with Gasteiger partial charge in [0.25, 0.3) is 11.4 Å². The fraction of sp³-hybridized carbons (Fsp3) is 0.0714. The highest BCUT2D eigenvalue weighted by Gasteiger charge is 2.45. The van der Waals surface area contributed by atoms with E-state index < -0.39 is 19.3 Å². The minimum atomic E-state index is -1.16. The summed E-state index contributed by atoms with van der Waals surface area (Å²) < 4.78 is -2.32. The number of halogens is 1. The molecule has 0 fully saturated rings. The molecule has 4 aromatic carbocycles. The average molecular weight is 547 g/mol. The predicted molar refractivity (Wildman–Crippen MR) is 153 cm³/mol. The number of nitro benzene ring substituents is 2. The van der Waals surface area contributed by atoms with Crippen LogP contribution < -0.4 is 0 Å². The lowest BCUT2D eigenvalue weighted by Gasteiger charge is -2.40. The van der Waals surface area contributed by atoms with Gasteiger partial charge in [0.1, 0.15) is 9.49 Å². The van der Waals surface area contributed by atoms with Crippen LogP contribution in [0, 0.1) is 31.0 Å². The van der Waals surface area contributed by atoms with Crippen LogP contribution in [0.5, 0.6) is 0 Å². The van der Waals surface area contributed by atoms with E-state index in [1.807, 2.05) is 60.7 Å². The first-order valence-corrected chi connectivity index (χ1v) is 12.0. The normalized spacial score (nSPS) is 13.7. The molecule has 0 aliphatic rings. The van der Waals surface area contributed by atoms with E-state index in [0.29, 0.717) is 11.1 Å². The van der Waals surface area contributed by atoms with Gasteiger partial charge < -0.3 is 10.8 Å². The van der Waals surface area contributed by atoms with Crippen LogP contribution in [-0.4, -0.2) is 22.3 Å². The second-order valence-electron chi connectivity index (χ2n) is 8.20. The summed E-state index contributed by atoms with van der Waals surface area (Å²) in [6.07, 6.45) is 2.56. The summed E-state index contributed by atoms with van der Waals surface area (Å²) in [4.78, 5) is 21.6. The summed E-state index contributed by atoms with van der Waals surface area (Å²) in [7, 11) is 0. The summed E-state index contributed by atoms with van der Waals surface area (Å²) in [5, 5.41) is 39.9. The number of nitro groups is 2. The molecule has 0 aliphatic heterocycles. The van der Waals surface area contributed by atoms with E-state index in [4.69, 9.17) is 10.8 Å². The van der Waals surface area contributed by atoms with E-state index in [9.17, 15) is 20.2 Å². The first-order valence-electron chi connectivity index (χ1n) is 11.2. The molecular formula is C28H23ClN4O4S. The molecule has 0 heterocycles. The zero-order chi connectivity index (χ0) is 26.5. The first kappa shape index (κ1) is 28.2. The molecule has 0 aliphatic carbocycles. The minimum absolute atomic E-state index is 0. The molecule has 4 aromatic rings. The smallest absolute Gasteiger partial charge is 0.269 e. The molecular weight excluding hydrogens is 524 g/mol. The maximum atomic E-state index is 11.3. The zero-order valence-electron chi connectivity index (χ0n) is 19.9. The summed E-state index contributed by atoms with van der Waals surface area (Å²) in [6, 6.07) is 30.7. The van der Waals surface area contributed by atoms with E-state index in [1.54, 1.807) is 24.3 Å². The highest BCUT2D eigenvalue weighted by molar-refractivity contribution is 8.02. The van der Waals surface area contributed by atoms with Gasteiger partial charge in [-0.05, 0) is 22.3 Å². The topological polar surface area (TPSA) is 134 Å². The Kier molecular flexibility index (Phi) is 8.77. The van der Waals surface area contributed by atoms with Crippen LogP contribution in [0.4, 0.5) is 11.4 Å². The number of hydrogen-bond acceptors (Lipinski definition) is 7. The Balaban J connectivity index is 0.00000400. The number of thioether (sulfide) groups is 1. The Morgan fingerprint density at radius 1 is 0.553 bits per heavy atom. The molecule has 0 saturated heterocycles. The summed E-state index contributed by atoms with van der Waals surface area (Å²) in [5.74, 6) is 0. The molecule has 2 N–H and O–H groups in total. The molecule has 192 valence electrons. The SMILES string of the molecule is Cl.N=CC(SC(C=N)(c1ccccc1)c1ccc([N+](=O)[O-])cc1)(c1ccccc1)c1ccc([N+](=O)[O-])cc1. The predicted octanol–water partition coefficient (Wildman–Crippen LogP) is 7.14. The number of hydrogen-bond donors (Lipinski definition) is 2. The largest absolute Gasteiger partial charge is 0.311 e. The van der Waals surface area contributed by atoms with E-state index in [1.165, 1.54) is 48.5 Å². The van der Waals surface area contributed by atoms with Crippen LogP contribution in [0.2, 0.25) is 0 Å². The molecule has 0 radical (unpaired) electrons. The van der Waals surface area contributed by atoms with Gasteiger partial charge in [-0.3, -0.25) is 20.2 Å². The van der Waals surface area contributed by atoms with Crippen LogP contribution >= 0.6 is 24.2 Å². The van der Waals surface area contributed by atoms with Crippen LogP contribution in [0.25, 0.3) is 0 Å². The van der Waals surface area contributed by atoms with Gasteiger partial charge in [-0.25, -0.2) is 0 Å². The van der Waals surface area contributed by atoms with Crippen molar-refractivity contribution in [2.24, 2.45) is 0 Å². The fourth-order valence-corrected chi connectivity index (χ4v) is 5.89. The molecule has 8 nitrogen and oxygen atoms in total. The molecule has 0 saturated carbocycles. The Labute approximate surface area is 229 Å². The maximum Gasteiger partial charge on any atom is 0.269 e. The third-order valence-electron chi connectivity index (χ3n) is 6.15. The van der Waals surface area contributed by atoms with Crippen LogP contribution in [0.3, 0.4) is 0 Å². The number of nitrogens with one attached hydrogen (secondary N) is 2. The molecule has 2 unspecified atom stereocenters. The Bertz CT molecular complexity index is 1330. The quantitative estimate of drug-likeness (QED) is 0.124. The Morgan fingerprint density at radius 3 is 1.11 bits per heavy atom. The first-order chi connectivity index (χ1) is 17.9. The fourth-order valence-electron chi connectivity index (χ4n) is 4.25. The maximum absolute atomic E-state index is 11.3. The molecule has 2 atom stereocenters. The van der Waals surface area contributed by atoms with Gasteiger partial charge in [0.15, 0.2) is 0 Å². The van der Waals surface area contributed by atoms with Crippen LogP contribution in [-0.2, 0) is 9.49 Å². The molecule has 4 rings (SSSR count). The summed E-state index contributed by atoms with van der Waals surface area (Å²) in [5.41, 5.74) is 2.58. The van der Waals surface area contributed by atoms with Crippen molar-refractivity contribution in [2.45, 2.75) is 9.49 Å². The van der Waals surface area contributed by atoms with Gasteiger partial charge >= 0.3 is 0 Å². The van der Waals surface area contributed by atoms with E-state index >= 15 is 0 Å². The molecule has 10 heteroatoms. The summed E-state index contributed by atoms with van der Waals surface area (Å²) >= 11 is 1.30. The van der Waals surface area contributed by atoms with Crippen molar-refractivity contribution in [3.63, 3.8) is 0 Å². The van der Waals surface area contributed by atoms with Crippen molar-refractivity contribution in [1.29, 1.82) is 10.8 Å². The lowest BCUT2D eigenvalue weighted by atomic mass is 9.90. The second kappa shape index (κ2) is 11.8. The van der Waals surface area contributed by atoms with Gasteiger partial charge in [0.05, 0.1) is 9.85 Å². The monoisotopic (exact) mass is 546 g/mol. The highest BCUT2D eigenvalue weighted by atomic mass is 35.5. The van der Waals surface area contributed by atoms with Crippen molar-refractivity contribution in [1.82, 2.24) is 0 Å². The average Bonchev–Trinajstić information content (AvgIpc) is 2.95. The van der Waals surface area contributed by atoms with Gasteiger partial charge in [-0.1, -0.05) is 84.9 Å². The molecule has 38 heavy (non-hydrogen) atoms.